The van der Waals surface area contributed by atoms with E-state index in [0.29, 0.717) is 11.7 Å². The zero-order valence-electron chi connectivity index (χ0n) is 14.9. The molecule has 0 aliphatic heterocycles. The van der Waals surface area contributed by atoms with Crippen molar-refractivity contribution in [3.63, 3.8) is 0 Å². The summed E-state index contributed by atoms with van der Waals surface area (Å²) in [6, 6.07) is 7.25. The van der Waals surface area contributed by atoms with Gasteiger partial charge >= 0.3 is 0 Å². The van der Waals surface area contributed by atoms with Gasteiger partial charge in [-0.3, -0.25) is 9.48 Å². The van der Waals surface area contributed by atoms with Crippen molar-refractivity contribution in [3.8, 4) is 17.0 Å². The van der Waals surface area contributed by atoms with Crippen molar-refractivity contribution in [2.45, 2.75) is 13.0 Å². The van der Waals surface area contributed by atoms with E-state index in [2.05, 4.69) is 20.7 Å². The topological polar surface area (TPSA) is 81.1 Å². The number of benzene rings is 1. The van der Waals surface area contributed by atoms with Crippen LogP contribution in [0.3, 0.4) is 0 Å². The van der Waals surface area contributed by atoms with Gasteiger partial charge in [-0.25, -0.2) is 4.98 Å². The van der Waals surface area contributed by atoms with E-state index in [1.165, 1.54) is 11.3 Å². The summed E-state index contributed by atoms with van der Waals surface area (Å²) < 4.78 is 7.12. The second-order valence-corrected chi connectivity index (χ2v) is 6.51. The molecule has 1 aromatic carbocycles. The predicted octanol–water partition coefficient (Wildman–Crippen LogP) is 2.84. The summed E-state index contributed by atoms with van der Waals surface area (Å²) in [5.74, 6) is 0.654. The lowest BCUT2D eigenvalue weighted by Crippen LogP contribution is -2.30. The van der Waals surface area contributed by atoms with Crippen molar-refractivity contribution in [3.05, 3.63) is 47.6 Å². The second-order valence-electron chi connectivity index (χ2n) is 5.65. The molecular weight excluding hydrogens is 350 g/mol. The number of likely N-dealkylation sites (N-methyl/N-ethyl adjacent to an activating group) is 1. The minimum absolute atomic E-state index is 0.173. The Kier molecular flexibility index (Phi) is 5.65. The highest BCUT2D eigenvalue weighted by molar-refractivity contribution is 7.14. The number of hydrogen-bond donors (Lipinski definition) is 2. The molecule has 7 nitrogen and oxygen atoms in total. The third kappa shape index (κ3) is 4.09. The number of aromatic nitrogens is 3. The average molecular weight is 371 g/mol. The van der Waals surface area contributed by atoms with E-state index < -0.39 is 6.04 Å². The third-order valence-corrected chi connectivity index (χ3v) is 4.56. The summed E-state index contributed by atoms with van der Waals surface area (Å²) in [5, 5.41) is 12.5. The molecule has 1 unspecified atom stereocenters. The van der Waals surface area contributed by atoms with Gasteiger partial charge in [0.05, 0.1) is 18.5 Å². The largest absolute Gasteiger partial charge is 0.494 e. The summed E-state index contributed by atoms with van der Waals surface area (Å²) in [6.45, 7) is 2.59. The van der Waals surface area contributed by atoms with Gasteiger partial charge in [0.15, 0.2) is 5.13 Å². The van der Waals surface area contributed by atoms with E-state index in [-0.39, 0.29) is 5.91 Å². The van der Waals surface area contributed by atoms with Crippen LogP contribution in [0.4, 0.5) is 5.13 Å². The zero-order chi connectivity index (χ0) is 18.5. The van der Waals surface area contributed by atoms with E-state index in [9.17, 15) is 4.79 Å². The van der Waals surface area contributed by atoms with Gasteiger partial charge in [0.1, 0.15) is 11.8 Å². The molecule has 0 bridgehead atoms. The Hall–Kier alpha value is -2.71. The Morgan fingerprint density at radius 2 is 2.12 bits per heavy atom. The van der Waals surface area contributed by atoms with Gasteiger partial charge in [-0.15, -0.1) is 11.3 Å². The van der Waals surface area contributed by atoms with Crippen LogP contribution in [0.15, 0.2) is 42.0 Å². The van der Waals surface area contributed by atoms with Crippen LogP contribution >= 0.6 is 11.3 Å². The molecule has 0 aliphatic carbocycles. The number of anilines is 1. The summed E-state index contributed by atoms with van der Waals surface area (Å²) in [5.41, 5.74) is 2.59. The van der Waals surface area contributed by atoms with E-state index in [1.54, 1.807) is 17.9 Å². The number of carbonyl (C=O) groups is 1. The third-order valence-electron chi connectivity index (χ3n) is 3.80. The summed E-state index contributed by atoms with van der Waals surface area (Å²) in [4.78, 5) is 17.1. The molecule has 8 heteroatoms. The monoisotopic (exact) mass is 371 g/mol. The van der Waals surface area contributed by atoms with Crippen molar-refractivity contribution in [1.82, 2.24) is 20.1 Å². The summed E-state index contributed by atoms with van der Waals surface area (Å²) in [7, 11) is 3.56. The van der Waals surface area contributed by atoms with Gasteiger partial charge in [-0.1, -0.05) is 0 Å². The Morgan fingerprint density at radius 3 is 2.73 bits per heavy atom. The highest BCUT2D eigenvalue weighted by Gasteiger charge is 2.21. The first kappa shape index (κ1) is 18.1. The van der Waals surface area contributed by atoms with Gasteiger partial charge in [0.25, 0.3) is 0 Å². The Balaban J connectivity index is 1.70. The second kappa shape index (κ2) is 8.11. The van der Waals surface area contributed by atoms with Crippen LogP contribution in [0.2, 0.25) is 0 Å². The number of hydrogen-bond acceptors (Lipinski definition) is 6. The molecular formula is C18H21N5O2S. The molecule has 0 saturated carbocycles. The van der Waals surface area contributed by atoms with E-state index >= 15 is 0 Å². The maximum atomic E-state index is 12.6. The van der Waals surface area contributed by atoms with Crippen LogP contribution in [0, 0.1) is 0 Å². The first-order valence-corrected chi connectivity index (χ1v) is 9.14. The molecule has 0 aliphatic rings. The van der Waals surface area contributed by atoms with Gasteiger partial charge < -0.3 is 15.4 Å². The van der Waals surface area contributed by atoms with Crippen LogP contribution in [-0.2, 0) is 11.8 Å². The minimum atomic E-state index is -0.485. The molecule has 0 fully saturated rings. The van der Waals surface area contributed by atoms with E-state index in [1.807, 2.05) is 49.8 Å². The smallest absolute Gasteiger partial charge is 0.247 e. The van der Waals surface area contributed by atoms with Crippen LogP contribution < -0.4 is 15.4 Å². The fraction of sp³-hybridized carbons (Fsp3) is 0.278. The van der Waals surface area contributed by atoms with Crippen LogP contribution in [0.1, 0.15) is 18.5 Å². The van der Waals surface area contributed by atoms with Crippen molar-refractivity contribution in [1.29, 1.82) is 0 Å². The van der Waals surface area contributed by atoms with Crippen molar-refractivity contribution < 1.29 is 9.53 Å². The molecule has 0 spiro atoms. The van der Waals surface area contributed by atoms with Crippen molar-refractivity contribution >= 4 is 22.4 Å². The molecule has 0 saturated heterocycles. The molecule has 136 valence electrons. The van der Waals surface area contributed by atoms with Crippen LogP contribution in [-0.4, -0.2) is 34.3 Å². The lowest BCUT2D eigenvalue weighted by molar-refractivity contribution is -0.118. The molecule has 1 atom stereocenters. The highest BCUT2D eigenvalue weighted by atomic mass is 32.1. The van der Waals surface area contributed by atoms with Crippen LogP contribution in [0.5, 0.6) is 5.75 Å². The normalized spacial score (nSPS) is 12.0. The molecule has 26 heavy (non-hydrogen) atoms. The van der Waals surface area contributed by atoms with Gasteiger partial charge in [-0.05, 0) is 38.2 Å². The number of thiazole rings is 1. The molecule has 3 aromatic rings. The summed E-state index contributed by atoms with van der Waals surface area (Å²) >= 11 is 1.39. The molecule has 2 aromatic heterocycles. The first-order chi connectivity index (χ1) is 12.6. The predicted molar refractivity (Wildman–Crippen MR) is 102 cm³/mol. The molecule has 3 rings (SSSR count). The molecule has 1 amide bonds. The number of carbonyl (C=O) groups excluding carboxylic acids is 1. The summed E-state index contributed by atoms with van der Waals surface area (Å²) in [6.07, 6.45) is 3.49. The quantitative estimate of drug-likeness (QED) is 0.667. The van der Waals surface area contributed by atoms with Gasteiger partial charge in [0, 0.05) is 29.8 Å². The fourth-order valence-electron chi connectivity index (χ4n) is 2.57. The maximum Gasteiger partial charge on any atom is 0.247 e. The zero-order valence-corrected chi connectivity index (χ0v) is 15.7. The van der Waals surface area contributed by atoms with Crippen LogP contribution in [0.25, 0.3) is 11.3 Å². The Morgan fingerprint density at radius 1 is 1.35 bits per heavy atom. The number of aryl methyl sites for hydroxylation is 1. The van der Waals surface area contributed by atoms with Crippen molar-refractivity contribution in [2.75, 3.05) is 19.0 Å². The number of nitrogens with one attached hydrogen (secondary N) is 2. The van der Waals surface area contributed by atoms with E-state index in [0.717, 1.165) is 22.6 Å². The highest BCUT2D eigenvalue weighted by Crippen LogP contribution is 2.27. The molecule has 0 radical (unpaired) electrons. The lowest BCUT2D eigenvalue weighted by atomic mass is 10.1. The maximum absolute atomic E-state index is 12.6. The van der Waals surface area contributed by atoms with Gasteiger partial charge in [-0.2, -0.15) is 5.10 Å². The van der Waals surface area contributed by atoms with E-state index in [4.69, 9.17) is 4.74 Å². The first-order valence-electron chi connectivity index (χ1n) is 8.26. The average Bonchev–Trinajstić information content (AvgIpc) is 3.26. The number of rotatable bonds is 7. The Bertz CT molecular complexity index is 872. The van der Waals surface area contributed by atoms with Gasteiger partial charge in [0.2, 0.25) is 5.91 Å². The standard InChI is InChI=1S/C18H21N5O2S/c1-4-25-14-7-5-12(6-8-14)15-11-26-18(21-15)22-17(24)16(19-2)13-9-20-23(3)10-13/h5-11,16,19H,4H2,1-3H3,(H,21,22,24). The lowest BCUT2D eigenvalue weighted by Gasteiger charge is -2.12. The Labute approximate surface area is 156 Å². The number of amides is 1. The fourth-order valence-corrected chi connectivity index (χ4v) is 3.29. The van der Waals surface area contributed by atoms with Crippen molar-refractivity contribution in [2.24, 2.45) is 7.05 Å². The minimum Gasteiger partial charge on any atom is -0.494 e. The number of ether oxygens (including phenoxy) is 1. The molecule has 2 N–H and O–H groups in total. The SMILES string of the molecule is CCOc1ccc(-c2csc(NC(=O)C(NC)c3cnn(C)c3)n2)cc1. The number of nitrogens with zero attached hydrogens (tertiary/aromatic N) is 3. The molecule has 2 heterocycles.